The number of carbonyl (C=O) groups excluding carboxylic acids is 1. The molecule has 1 unspecified atom stereocenters. The number of amides is 1. The molecule has 0 aromatic rings. The SMILES string of the molecule is N#CCCN(C(=O)C1CCCCS1(=O)=O)C1CC1. The average molecular weight is 270 g/mol. The predicted molar refractivity (Wildman–Crippen MR) is 66.4 cm³/mol. The second-order valence-corrected chi connectivity index (χ2v) is 7.33. The van der Waals surface area contributed by atoms with Gasteiger partial charge in [-0.2, -0.15) is 5.26 Å². The Labute approximate surface area is 108 Å². The fourth-order valence-corrected chi connectivity index (χ4v) is 4.31. The van der Waals surface area contributed by atoms with E-state index < -0.39 is 15.1 Å². The van der Waals surface area contributed by atoms with E-state index >= 15 is 0 Å². The first-order valence-corrected chi connectivity index (χ1v) is 8.17. The minimum atomic E-state index is -3.27. The maximum absolute atomic E-state index is 12.3. The summed E-state index contributed by atoms with van der Waals surface area (Å²) in [6.45, 7) is 0.367. The first-order valence-electron chi connectivity index (χ1n) is 6.45. The lowest BCUT2D eigenvalue weighted by atomic mass is 10.1. The molecule has 100 valence electrons. The number of sulfone groups is 1. The van der Waals surface area contributed by atoms with E-state index in [0.29, 0.717) is 19.4 Å². The van der Waals surface area contributed by atoms with Crippen LogP contribution in [0.5, 0.6) is 0 Å². The van der Waals surface area contributed by atoms with Gasteiger partial charge in [-0.3, -0.25) is 4.79 Å². The third-order valence-electron chi connectivity index (χ3n) is 3.59. The summed E-state index contributed by atoms with van der Waals surface area (Å²) in [4.78, 5) is 14.0. The van der Waals surface area contributed by atoms with E-state index in [9.17, 15) is 13.2 Å². The van der Waals surface area contributed by atoms with Crippen molar-refractivity contribution >= 4 is 15.7 Å². The largest absolute Gasteiger partial charge is 0.338 e. The second-order valence-electron chi connectivity index (χ2n) is 5.02. The van der Waals surface area contributed by atoms with Gasteiger partial charge in [-0.25, -0.2) is 8.42 Å². The van der Waals surface area contributed by atoms with Gasteiger partial charge in [0.2, 0.25) is 5.91 Å². The van der Waals surface area contributed by atoms with Gasteiger partial charge in [-0.05, 0) is 25.7 Å². The summed E-state index contributed by atoms with van der Waals surface area (Å²) in [6.07, 6.45) is 4.04. The molecular weight excluding hydrogens is 252 g/mol. The minimum absolute atomic E-state index is 0.125. The fraction of sp³-hybridized carbons (Fsp3) is 0.833. The predicted octanol–water partition coefficient (Wildman–Crippen LogP) is 0.858. The van der Waals surface area contributed by atoms with Crippen LogP contribution in [-0.4, -0.2) is 42.8 Å². The Bertz CT molecular complexity index is 462. The number of nitrogens with zero attached hydrogens (tertiary/aromatic N) is 2. The van der Waals surface area contributed by atoms with Crippen LogP contribution in [0.15, 0.2) is 0 Å². The summed E-state index contributed by atoms with van der Waals surface area (Å²) < 4.78 is 23.9. The molecule has 0 radical (unpaired) electrons. The standard InChI is InChI=1S/C12H18N2O3S/c13-7-3-8-14(10-5-6-10)12(15)11-4-1-2-9-18(11,16)17/h10-11H,1-6,8-9H2. The van der Waals surface area contributed by atoms with Crippen molar-refractivity contribution < 1.29 is 13.2 Å². The van der Waals surface area contributed by atoms with E-state index in [1.54, 1.807) is 4.90 Å². The highest BCUT2D eigenvalue weighted by molar-refractivity contribution is 7.92. The first kappa shape index (κ1) is 13.3. The molecule has 1 aliphatic heterocycles. The summed E-state index contributed by atoms with van der Waals surface area (Å²) in [7, 11) is -3.27. The van der Waals surface area contributed by atoms with E-state index in [2.05, 4.69) is 0 Å². The molecule has 1 saturated carbocycles. The Morgan fingerprint density at radius 2 is 2.00 bits per heavy atom. The Hall–Kier alpha value is -1.09. The van der Waals surface area contributed by atoms with Crippen LogP contribution in [0.25, 0.3) is 0 Å². The van der Waals surface area contributed by atoms with Crippen molar-refractivity contribution in [1.29, 1.82) is 5.26 Å². The Balaban J connectivity index is 2.10. The van der Waals surface area contributed by atoms with Crippen LogP contribution in [0, 0.1) is 11.3 Å². The molecule has 1 aliphatic carbocycles. The van der Waals surface area contributed by atoms with Crippen LogP contribution in [0.1, 0.15) is 38.5 Å². The monoisotopic (exact) mass is 270 g/mol. The molecule has 1 saturated heterocycles. The first-order chi connectivity index (χ1) is 8.56. The molecule has 18 heavy (non-hydrogen) atoms. The smallest absolute Gasteiger partial charge is 0.241 e. The number of hydrogen-bond donors (Lipinski definition) is 0. The second kappa shape index (κ2) is 5.27. The summed E-state index contributed by atoms with van der Waals surface area (Å²) in [5.74, 6) is -0.146. The number of nitriles is 1. The van der Waals surface area contributed by atoms with Gasteiger partial charge in [0.25, 0.3) is 0 Å². The van der Waals surface area contributed by atoms with Gasteiger partial charge < -0.3 is 4.90 Å². The summed E-state index contributed by atoms with van der Waals surface area (Å²) in [6, 6.07) is 2.19. The molecule has 0 aromatic heterocycles. The number of rotatable bonds is 4. The van der Waals surface area contributed by atoms with Gasteiger partial charge >= 0.3 is 0 Å². The lowest BCUT2D eigenvalue weighted by Gasteiger charge is -2.28. The molecule has 0 N–H and O–H groups in total. The lowest BCUT2D eigenvalue weighted by Crippen LogP contribution is -2.46. The van der Waals surface area contributed by atoms with Crippen molar-refractivity contribution in [2.24, 2.45) is 0 Å². The zero-order chi connectivity index (χ0) is 13.2. The van der Waals surface area contributed by atoms with Crippen LogP contribution < -0.4 is 0 Å². The maximum atomic E-state index is 12.3. The third kappa shape index (κ3) is 2.83. The van der Waals surface area contributed by atoms with Crippen molar-refractivity contribution in [1.82, 2.24) is 4.90 Å². The Kier molecular flexibility index (Phi) is 3.91. The zero-order valence-electron chi connectivity index (χ0n) is 10.3. The molecule has 2 aliphatic rings. The molecule has 0 aromatic carbocycles. The van der Waals surface area contributed by atoms with E-state index in [0.717, 1.165) is 19.3 Å². The Morgan fingerprint density at radius 1 is 1.28 bits per heavy atom. The molecule has 1 atom stereocenters. The van der Waals surface area contributed by atoms with Crippen LogP contribution in [0.3, 0.4) is 0 Å². The normalized spacial score (nSPS) is 26.3. The average Bonchev–Trinajstić information content (AvgIpc) is 3.13. The number of carbonyl (C=O) groups is 1. The Morgan fingerprint density at radius 3 is 2.56 bits per heavy atom. The van der Waals surface area contributed by atoms with Crippen molar-refractivity contribution in [2.45, 2.75) is 49.8 Å². The summed E-state index contributed by atoms with van der Waals surface area (Å²) in [5, 5.41) is 7.75. The zero-order valence-corrected chi connectivity index (χ0v) is 11.2. The fourth-order valence-electron chi connectivity index (χ4n) is 2.45. The summed E-state index contributed by atoms with van der Waals surface area (Å²) in [5.41, 5.74) is 0. The van der Waals surface area contributed by atoms with Crippen LogP contribution in [0.4, 0.5) is 0 Å². The topological polar surface area (TPSA) is 78.2 Å². The van der Waals surface area contributed by atoms with Gasteiger partial charge in [0.05, 0.1) is 18.2 Å². The number of hydrogen-bond acceptors (Lipinski definition) is 4. The lowest BCUT2D eigenvalue weighted by molar-refractivity contribution is -0.131. The maximum Gasteiger partial charge on any atom is 0.241 e. The molecule has 2 fully saturated rings. The molecule has 0 bridgehead atoms. The molecule has 1 heterocycles. The van der Waals surface area contributed by atoms with Gasteiger partial charge in [0.15, 0.2) is 9.84 Å². The molecule has 6 heteroatoms. The van der Waals surface area contributed by atoms with Crippen LogP contribution in [-0.2, 0) is 14.6 Å². The highest BCUT2D eigenvalue weighted by Gasteiger charge is 2.41. The van der Waals surface area contributed by atoms with E-state index in [-0.39, 0.29) is 24.1 Å². The van der Waals surface area contributed by atoms with E-state index in [4.69, 9.17) is 5.26 Å². The minimum Gasteiger partial charge on any atom is -0.338 e. The van der Waals surface area contributed by atoms with Gasteiger partial charge in [-0.15, -0.1) is 0 Å². The van der Waals surface area contributed by atoms with E-state index in [1.165, 1.54) is 0 Å². The van der Waals surface area contributed by atoms with Crippen molar-refractivity contribution in [3.8, 4) is 6.07 Å². The van der Waals surface area contributed by atoms with Crippen molar-refractivity contribution in [3.63, 3.8) is 0 Å². The molecule has 5 nitrogen and oxygen atoms in total. The highest BCUT2D eigenvalue weighted by Crippen LogP contribution is 2.30. The van der Waals surface area contributed by atoms with Gasteiger partial charge in [0, 0.05) is 12.6 Å². The van der Waals surface area contributed by atoms with Gasteiger partial charge in [-0.1, -0.05) is 6.42 Å². The quantitative estimate of drug-likeness (QED) is 0.759. The summed E-state index contributed by atoms with van der Waals surface area (Å²) >= 11 is 0. The van der Waals surface area contributed by atoms with Crippen molar-refractivity contribution in [2.75, 3.05) is 12.3 Å². The van der Waals surface area contributed by atoms with Crippen molar-refractivity contribution in [3.05, 3.63) is 0 Å². The molecule has 2 rings (SSSR count). The molecular formula is C12H18N2O3S. The van der Waals surface area contributed by atoms with E-state index in [1.807, 2.05) is 6.07 Å². The highest BCUT2D eigenvalue weighted by atomic mass is 32.2. The molecule has 1 amide bonds. The van der Waals surface area contributed by atoms with Crippen LogP contribution in [0.2, 0.25) is 0 Å². The third-order valence-corrected chi connectivity index (χ3v) is 5.75. The molecule has 0 spiro atoms. The van der Waals surface area contributed by atoms with Crippen LogP contribution >= 0.6 is 0 Å². The van der Waals surface area contributed by atoms with Gasteiger partial charge in [0.1, 0.15) is 5.25 Å².